The van der Waals surface area contributed by atoms with Crippen LogP contribution in [-0.4, -0.2) is 95.1 Å². The van der Waals surface area contributed by atoms with Crippen LogP contribution in [-0.2, 0) is 25.3 Å². The van der Waals surface area contributed by atoms with Gasteiger partial charge in [-0.05, 0) is 13.3 Å². The molecule has 5 atom stereocenters. The normalized spacial score (nSPS) is 27.3. The number of aromatic nitrogens is 2. The SMILES string of the molecule is C[C@@H](CO[C@@H]1CCN(C2CCN(c3ncc(C(F)(F)F)cn3)CC2C(N)=O)C1=O)N=C1C=NNC(=O)C1C(F)(F)F. The third-order valence-electron chi connectivity index (χ3n) is 6.95. The maximum Gasteiger partial charge on any atom is 0.419 e. The maximum atomic E-state index is 13.3. The number of nitrogens with two attached hydrogens (primary N) is 1. The van der Waals surface area contributed by atoms with Crippen LogP contribution >= 0.6 is 0 Å². The van der Waals surface area contributed by atoms with Crippen LogP contribution in [0.15, 0.2) is 22.5 Å². The monoisotopic (exact) mass is 592 g/mol. The molecule has 4 rings (SSSR count). The number of carbonyl (C=O) groups excluding carboxylic acids is 3. The van der Waals surface area contributed by atoms with Crippen LogP contribution in [0.5, 0.6) is 0 Å². The Labute approximate surface area is 229 Å². The molecule has 2 saturated heterocycles. The van der Waals surface area contributed by atoms with Crippen LogP contribution in [0.2, 0.25) is 0 Å². The van der Waals surface area contributed by atoms with Crippen molar-refractivity contribution in [3.8, 4) is 0 Å². The van der Waals surface area contributed by atoms with Gasteiger partial charge in [0.25, 0.3) is 11.8 Å². The Kier molecular flexibility index (Phi) is 8.51. The first-order valence-corrected chi connectivity index (χ1v) is 12.5. The zero-order valence-corrected chi connectivity index (χ0v) is 21.5. The lowest BCUT2D eigenvalue weighted by atomic mass is 9.90. The van der Waals surface area contributed by atoms with E-state index in [2.05, 4.69) is 20.1 Å². The summed E-state index contributed by atoms with van der Waals surface area (Å²) in [5, 5.41) is 3.38. The number of carbonyl (C=O) groups is 3. The molecule has 18 heteroatoms. The van der Waals surface area contributed by atoms with Crippen molar-refractivity contribution in [2.45, 2.75) is 50.3 Å². The van der Waals surface area contributed by atoms with E-state index in [1.807, 2.05) is 0 Å². The first-order chi connectivity index (χ1) is 19.2. The average molecular weight is 593 g/mol. The van der Waals surface area contributed by atoms with Gasteiger partial charge in [-0.15, -0.1) is 0 Å². The van der Waals surface area contributed by atoms with E-state index in [0.717, 1.165) is 6.21 Å². The number of nitrogens with one attached hydrogen (secondary N) is 1. The van der Waals surface area contributed by atoms with Crippen LogP contribution in [0.4, 0.5) is 32.3 Å². The van der Waals surface area contributed by atoms with E-state index in [4.69, 9.17) is 10.5 Å². The highest BCUT2D eigenvalue weighted by molar-refractivity contribution is 6.37. The largest absolute Gasteiger partial charge is 0.419 e. The van der Waals surface area contributed by atoms with Gasteiger partial charge in [-0.25, -0.2) is 15.4 Å². The predicted octanol–water partition coefficient (Wildman–Crippen LogP) is 0.917. The molecule has 0 bridgehead atoms. The van der Waals surface area contributed by atoms with Gasteiger partial charge in [0, 0.05) is 44.5 Å². The molecule has 1 aromatic rings. The van der Waals surface area contributed by atoms with Crippen molar-refractivity contribution in [2.75, 3.05) is 31.1 Å². The molecule has 2 fully saturated rings. The molecule has 3 aliphatic heterocycles. The third kappa shape index (κ3) is 6.74. The summed E-state index contributed by atoms with van der Waals surface area (Å²) in [5.41, 5.74) is 5.77. The molecule has 12 nitrogen and oxygen atoms in total. The first kappa shape index (κ1) is 30.1. The van der Waals surface area contributed by atoms with Crippen molar-refractivity contribution in [2.24, 2.45) is 27.7 Å². The Hall–Kier alpha value is -3.83. The van der Waals surface area contributed by atoms with Gasteiger partial charge in [0.1, 0.15) is 6.10 Å². The molecule has 0 saturated carbocycles. The van der Waals surface area contributed by atoms with Crippen LogP contribution in [0.25, 0.3) is 0 Å². The molecule has 0 spiro atoms. The molecule has 3 unspecified atom stereocenters. The number of primary amides is 1. The first-order valence-electron chi connectivity index (χ1n) is 12.5. The number of anilines is 1. The minimum absolute atomic E-state index is 0.0134. The van der Waals surface area contributed by atoms with Crippen LogP contribution in [0.1, 0.15) is 25.3 Å². The Bertz CT molecular complexity index is 1220. The number of piperidine rings is 1. The summed E-state index contributed by atoms with van der Waals surface area (Å²) in [6.45, 7) is 1.67. The van der Waals surface area contributed by atoms with Gasteiger partial charge in [-0.3, -0.25) is 19.4 Å². The smallest absolute Gasteiger partial charge is 0.369 e. The summed E-state index contributed by atoms with van der Waals surface area (Å²) in [6.07, 6.45) is -7.83. The molecule has 41 heavy (non-hydrogen) atoms. The van der Waals surface area contributed by atoms with Crippen molar-refractivity contribution in [3.63, 3.8) is 0 Å². The lowest BCUT2D eigenvalue weighted by Gasteiger charge is -2.41. The number of amides is 3. The van der Waals surface area contributed by atoms with E-state index in [-0.39, 0.29) is 45.0 Å². The van der Waals surface area contributed by atoms with Crippen LogP contribution in [0.3, 0.4) is 0 Å². The summed E-state index contributed by atoms with van der Waals surface area (Å²) < 4.78 is 84.0. The number of hydrogen-bond donors (Lipinski definition) is 2. The summed E-state index contributed by atoms with van der Waals surface area (Å²) >= 11 is 0. The van der Waals surface area contributed by atoms with E-state index in [1.165, 1.54) is 16.7 Å². The number of ether oxygens (including phenoxy) is 1. The number of likely N-dealkylation sites (tertiary alicyclic amines) is 1. The van der Waals surface area contributed by atoms with E-state index in [0.29, 0.717) is 12.4 Å². The van der Waals surface area contributed by atoms with Crippen LogP contribution < -0.4 is 16.1 Å². The lowest BCUT2D eigenvalue weighted by molar-refractivity contribution is -0.168. The van der Waals surface area contributed by atoms with Gasteiger partial charge in [0.2, 0.25) is 11.9 Å². The number of rotatable bonds is 7. The van der Waals surface area contributed by atoms with Gasteiger partial charge in [-0.2, -0.15) is 31.4 Å². The number of aliphatic imine (C=N–C) groups is 1. The predicted molar refractivity (Wildman–Crippen MR) is 129 cm³/mol. The molecular formula is C23H26F6N8O4. The lowest BCUT2D eigenvalue weighted by Crippen LogP contribution is -2.56. The zero-order chi connectivity index (χ0) is 30.1. The molecule has 3 amide bonds. The van der Waals surface area contributed by atoms with E-state index >= 15 is 0 Å². The van der Waals surface area contributed by atoms with E-state index in [1.54, 1.807) is 5.43 Å². The van der Waals surface area contributed by atoms with Crippen molar-refractivity contribution in [1.82, 2.24) is 20.3 Å². The zero-order valence-electron chi connectivity index (χ0n) is 21.5. The summed E-state index contributed by atoms with van der Waals surface area (Å²) in [6, 6.07) is -1.46. The molecule has 3 N–H and O–H groups in total. The highest BCUT2D eigenvalue weighted by Gasteiger charge is 2.49. The molecule has 0 aromatic carbocycles. The second-order valence-corrected chi connectivity index (χ2v) is 9.83. The molecule has 1 aromatic heterocycles. The Morgan fingerprint density at radius 1 is 1.17 bits per heavy atom. The topological polar surface area (TPSA) is 155 Å². The van der Waals surface area contributed by atoms with Gasteiger partial charge >= 0.3 is 12.4 Å². The van der Waals surface area contributed by atoms with Crippen molar-refractivity contribution in [3.05, 3.63) is 18.0 Å². The maximum absolute atomic E-state index is 13.3. The highest BCUT2D eigenvalue weighted by atomic mass is 19.4. The minimum atomic E-state index is -4.87. The fraction of sp³-hybridized carbons (Fsp3) is 0.609. The summed E-state index contributed by atoms with van der Waals surface area (Å²) in [4.78, 5) is 51.5. The fourth-order valence-electron chi connectivity index (χ4n) is 4.97. The minimum Gasteiger partial charge on any atom is -0.369 e. The fourth-order valence-corrected chi connectivity index (χ4v) is 4.97. The van der Waals surface area contributed by atoms with Crippen molar-refractivity contribution < 1.29 is 45.5 Å². The highest BCUT2D eigenvalue weighted by Crippen LogP contribution is 2.32. The molecule has 0 radical (unpaired) electrons. The standard InChI is InChI=1S/C23H26F6N8O4/c1-11(34-14-8-33-35-19(39)17(14)23(27,28)29)10-41-16-3-5-37(20(16)40)15-2-4-36(9-13(15)18(30)38)21-31-6-12(7-32-21)22(24,25)26/h6-8,11,13,15-17H,2-5,9-10H2,1H3,(H2,30,38)(H,35,39)/t11-,13?,15?,16+,17?/m0/s1. The molecule has 4 heterocycles. The third-order valence-corrected chi connectivity index (χ3v) is 6.95. The van der Waals surface area contributed by atoms with Crippen LogP contribution in [0, 0.1) is 11.8 Å². The number of hydrazone groups is 1. The quantitative estimate of drug-likeness (QED) is 0.446. The Morgan fingerprint density at radius 3 is 2.46 bits per heavy atom. The molecule has 0 aliphatic carbocycles. The number of hydrogen-bond acceptors (Lipinski definition) is 9. The van der Waals surface area contributed by atoms with E-state index in [9.17, 15) is 40.7 Å². The number of alkyl halides is 6. The second kappa shape index (κ2) is 11.6. The van der Waals surface area contributed by atoms with Gasteiger partial charge in [0.15, 0.2) is 5.92 Å². The summed E-state index contributed by atoms with van der Waals surface area (Å²) in [5.74, 6) is -5.87. The summed E-state index contributed by atoms with van der Waals surface area (Å²) in [7, 11) is 0. The average Bonchev–Trinajstić information content (AvgIpc) is 3.25. The van der Waals surface area contributed by atoms with Crippen molar-refractivity contribution in [1.29, 1.82) is 0 Å². The van der Waals surface area contributed by atoms with Gasteiger partial charge in [0.05, 0.1) is 36.1 Å². The Balaban J connectivity index is 1.37. The van der Waals surface area contributed by atoms with E-state index < -0.39 is 71.4 Å². The van der Waals surface area contributed by atoms with Crippen molar-refractivity contribution >= 4 is 35.6 Å². The molecular weight excluding hydrogens is 566 g/mol. The van der Waals surface area contributed by atoms with Gasteiger partial charge in [-0.1, -0.05) is 0 Å². The second-order valence-electron chi connectivity index (χ2n) is 9.83. The molecule has 3 aliphatic rings. The molecule has 224 valence electrons. The number of halogens is 6. The van der Waals surface area contributed by atoms with Gasteiger partial charge < -0.3 is 20.3 Å². The number of nitrogens with zero attached hydrogens (tertiary/aromatic N) is 6. The Morgan fingerprint density at radius 2 is 1.85 bits per heavy atom.